The van der Waals surface area contributed by atoms with Gasteiger partial charge in [-0.25, -0.2) is 0 Å². The molecule has 1 aromatic carbocycles. The van der Waals surface area contributed by atoms with E-state index in [0.717, 1.165) is 0 Å². The predicted molar refractivity (Wildman–Crippen MR) is 58.8 cm³/mol. The van der Waals surface area contributed by atoms with Gasteiger partial charge in [-0.3, -0.25) is 0 Å². The zero-order valence-corrected chi connectivity index (χ0v) is 8.83. The van der Waals surface area contributed by atoms with Crippen LogP contribution in [0.4, 0.5) is 0 Å². The van der Waals surface area contributed by atoms with Crippen LogP contribution in [0, 0.1) is 27.0 Å². The van der Waals surface area contributed by atoms with E-state index < -0.39 is 0 Å². The molecule has 0 atom stereocenters. The first-order chi connectivity index (χ1) is 6.68. The van der Waals surface area contributed by atoms with E-state index in [1.54, 1.807) is 0 Å². The lowest BCUT2D eigenvalue weighted by Gasteiger charge is -2.11. The molecule has 2 aromatic rings. The van der Waals surface area contributed by atoms with Crippen LogP contribution in [0.3, 0.4) is 0 Å². The van der Waals surface area contributed by atoms with Gasteiger partial charge in [-0.2, -0.15) is 0 Å². The molecule has 2 rings (SSSR count). The summed E-state index contributed by atoms with van der Waals surface area (Å²) in [4.78, 5) is 0. The van der Waals surface area contributed by atoms with Crippen molar-refractivity contribution in [2.45, 2.75) is 20.8 Å². The third kappa shape index (κ3) is 1.46. The van der Waals surface area contributed by atoms with E-state index in [1.807, 2.05) is 22.9 Å². The van der Waals surface area contributed by atoms with E-state index in [-0.39, 0.29) is 0 Å². The summed E-state index contributed by atoms with van der Waals surface area (Å²) in [7, 11) is 0. The van der Waals surface area contributed by atoms with E-state index in [4.69, 9.17) is 0 Å². The SMILES string of the molecule is Cc1cc(C)c(-n2[c]ccc2)c(C)c1. The Balaban J connectivity index is 2.64. The van der Waals surface area contributed by atoms with Crippen LogP contribution in [0.25, 0.3) is 5.69 Å². The molecule has 0 N–H and O–H groups in total. The quantitative estimate of drug-likeness (QED) is 0.641. The largest absolute Gasteiger partial charge is 0.315 e. The Morgan fingerprint density at radius 1 is 1.07 bits per heavy atom. The molecule has 0 saturated heterocycles. The summed E-state index contributed by atoms with van der Waals surface area (Å²) in [5, 5.41) is 0. The maximum absolute atomic E-state index is 3.17. The number of nitrogens with zero attached hydrogens (tertiary/aromatic N) is 1. The van der Waals surface area contributed by atoms with Gasteiger partial charge in [0.25, 0.3) is 0 Å². The lowest BCUT2D eigenvalue weighted by Crippen LogP contribution is -1.98. The fourth-order valence-electron chi connectivity index (χ4n) is 1.99. The molecule has 0 aliphatic rings. The fourth-order valence-corrected chi connectivity index (χ4v) is 1.99. The maximum atomic E-state index is 3.17. The van der Waals surface area contributed by atoms with Crippen LogP contribution in [-0.2, 0) is 0 Å². The van der Waals surface area contributed by atoms with Crippen LogP contribution in [0.15, 0.2) is 30.5 Å². The van der Waals surface area contributed by atoms with Gasteiger partial charge in [0.1, 0.15) is 0 Å². The molecule has 0 aliphatic carbocycles. The Kier molecular flexibility index (Phi) is 2.16. The van der Waals surface area contributed by atoms with E-state index >= 15 is 0 Å². The van der Waals surface area contributed by atoms with Crippen molar-refractivity contribution >= 4 is 0 Å². The Labute approximate surface area is 85.0 Å². The monoisotopic (exact) mass is 184 g/mol. The van der Waals surface area contributed by atoms with Crippen LogP contribution in [0.5, 0.6) is 0 Å². The zero-order valence-electron chi connectivity index (χ0n) is 8.83. The summed E-state index contributed by atoms with van der Waals surface area (Å²) in [6, 6.07) is 8.34. The molecule has 0 saturated carbocycles. The Bertz CT molecular complexity index is 415. The van der Waals surface area contributed by atoms with Gasteiger partial charge in [-0.1, -0.05) is 17.7 Å². The molecule has 0 spiro atoms. The van der Waals surface area contributed by atoms with Crippen molar-refractivity contribution in [2.75, 3.05) is 0 Å². The summed E-state index contributed by atoms with van der Waals surface area (Å²) in [6.45, 7) is 6.41. The molecule has 0 fully saturated rings. The zero-order chi connectivity index (χ0) is 10.1. The minimum atomic E-state index is 1.25. The number of hydrogen-bond acceptors (Lipinski definition) is 0. The molecule has 0 bridgehead atoms. The molecular formula is C13H14N. The summed E-state index contributed by atoms with van der Waals surface area (Å²) in [6.07, 6.45) is 5.20. The number of aryl methyl sites for hydroxylation is 3. The summed E-state index contributed by atoms with van der Waals surface area (Å²) >= 11 is 0. The van der Waals surface area contributed by atoms with Gasteiger partial charge in [-0.05, 0) is 44.0 Å². The first-order valence-electron chi connectivity index (χ1n) is 4.82. The van der Waals surface area contributed by atoms with Crippen molar-refractivity contribution in [3.63, 3.8) is 0 Å². The third-order valence-electron chi connectivity index (χ3n) is 2.42. The minimum Gasteiger partial charge on any atom is -0.315 e. The Morgan fingerprint density at radius 2 is 1.71 bits per heavy atom. The molecule has 0 unspecified atom stereocenters. The average molecular weight is 184 g/mol. The lowest BCUT2D eigenvalue weighted by molar-refractivity contribution is 1.03. The first kappa shape index (κ1) is 9.07. The molecule has 1 nitrogen and oxygen atoms in total. The second-order valence-corrected chi connectivity index (χ2v) is 3.75. The molecular weight excluding hydrogens is 170 g/mol. The lowest BCUT2D eigenvalue weighted by atomic mass is 10.1. The second-order valence-electron chi connectivity index (χ2n) is 3.75. The molecule has 14 heavy (non-hydrogen) atoms. The molecule has 71 valence electrons. The summed E-state index contributed by atoms with van der Waals surface area (Å²) in [5.41, 5.74) is 5.17. The van der Waals surface area contributed by atoms with Crippen molar-refractivity contribution < 1.29 is 0 Å². The van der Waals surface area contributed by atoms with Crippen molar-refractivity contribution in [2.24, 2.45) is 0 Å². The highest BCUT2D eigenvalue weighted by molar-refractivity contribution is 5.49. The van der Waals surface area contributed by atoms with E-state index in [1.165, 1.54) is 22.4 Å². The normalized spacial score (nSPS) is 10.5. The standard InChI is InChI=1S/C13H14N/c1-10-8-11(2)13(12(3)9-10)14-6-4-5-7-14/h4-6,8-9H,1-3H3. The van der Waals surface area contributed by atoms with Crippen LogP contribution >= 0.6 is 0 Å². The van der Waals surface area contributed by atoms with Gasteiger partial charge in [-0.15, -0.1) is 0 Å². The number of hydrogen-bond donors (Lipinski definition) is 0. The van der Waals surface area contributed by atoms with Crippen LogP contribution in [0.1, 0.15) is 16.7 Å². The fraction of sp³-hybridized carbons (Fsp3) is 0.231. The van der Waals surface area contributed by atoms with Crippen molar-refractivity contribution in [3.8, 4) is 5.69 Å². The van der Waals surface area contributed by atoms with Crippen LogP contribution in [0.2, 0.25) is 0 Å². The molecule has 0 amide bonds. The van der Waals surface area contributed by atoms with Gasteiger partial charge >= 0.3 is 0 Å². The molecule has 1 radical (unpaired) electrons. The molecule has 1 heteroatoms. The summed E-state index contributed by atoms with van der Waals surface area (Å²) in [5.74, 6) is 0. The van der Waals surface area contributed by atoms with Crippen molar-refractivity contribution in [3.05, 3.63) is 53.3 Å². The molecule has 1 aromatic heterocycles. The molecule has 0 aliphatic heterocycles. The third-order valence-corrected chi connectivity index (χ3v) is 2.42. The number of aromatic nitrogens is 1. The highest BCUT2D eigenvalue weighted by Gasteiger charge is 2.04. The second kappa shape index (κ2) is 3.33. The van der Waals surface area contributed by atoms with Crippen molar-refractivity contribution in [1.82, 2.24) is 4.57 Å². The van der Waals surface area contributed by atoms with Gasteiger partial charge in [0.05, 0.1) is 11.9 Å². The van der Waals surface area contributed by atoms with Gasteiger partial charge in [0.2, 0.25) is 0 Å². The number of benzene rings is 1. The van der Waals surface area contributed by atoms with Gasteiger partial charge < -0.3 is 4.57 Å². The van der Waals surface area contributed by atoms with Gasteiger partial charge in [0.15, 0.2) is 0 Å². The predicted octanol–water partition coefficient (Wildman–Crippen LogP) is 3.20. The molecule has 1 heterocycles. The highest BCUT2D eigenvalue weighted by Crippen LogP contribution is 2.20. The minimum absolute atomic E-state index is 1.25. The van der Waals surface area contributed by atoms with E-state index in [9.17, 15) is 0 Å². The maximum Gasteiger partial charge on any atom is 0.0697 e. The van der Waals surface area contributed by atoms with Crippen LogP contribution < -0.4 is 0 Å². The number of rotatable bonds is 1. The topological polar surface area (TPSA) is 4.93 Å². The summed E-state index contributed by atoms with van der Waals surface area (Å²) < 4.78 is 2.05. The Hall–Kier alpha value is -1.50. The average Bonchev–Trinajstić information content (AvgIpc) is 2.54. The Morgan fingerprint density at radius 3 is 2.21 bits per heavy atom. The van der Waals surface area contributed by atoms with E-state index in [2.05, 4.69) is 39.1 Å². The highest BCUT2D eigenvalue weighted by atomic mass is 14.9. The smallest absolute Gasteiger partial charge is 0.0697 e. The first-order valence-corrected chi connectivity index (χ1v) is 4.82. The van der Waals surface area contributed by atoms with Gasteiger partial charge in [0, 0.05) is 6.20 Å². The van der Waals surface area contributed by atoms with Crippen molar-refractivity contribution in [1.29, 1.82) is 0 Å². The van der Waals surface area contributed by atoms with Crippen LogP contribution in [-0.4, -0.2) is 4.57 Å². The van der Waals surface area contributed by atoms with E-state index in [0.29, 0.717) is 0 Å².